The molecule has 0 rings (SSSR count). The highest BCUT2D eigenvalue weighted by Crippen LogP contribution is 2.13. The molecule has 0 aromatic rings. The largest absolute Gasteiger partial charge is 0.300 e. The molecule has 0 aliphatic rings. The molecule has 1 unspecified atom stereocenters. The maximum Gasteiger partial charge on any atom is 0.129 e. The minimum absolute atomic E-state index is 0.0915. The Morgan fingerprint density at radius 3 is 2.58 bits per heavy atom. The van der Waals surface area contributed by atoms with Crippen LogP contribution >= 0.6 is 0 Å². The summed E-state index contributed by atoms with van der Waals surface area (Å²) in [5.41, 5.74) is 0. The van der Waals surface area contributed by atoms with Crippen LogP contribution in [0.15, 0.2) is 0 Å². The number of carbonyl (C=O) groups excluding carboxylic acids is 1. The van der Waals surface area contributed by atoms with Gasteiger partial charge in [-0.05, 0) is 19.8 Å². The molecule has 12 heavy (non-hydrogen) atoms. The molecule has 0 aliphatic carbocycles. The van der Waals surface area contributed by atoms with Gasteiger partial charge < -0.3 is 4.79 Å². The third-order valence-corrected chi connectivity index (χ3v) is 1.93. The Kier molecular flexibility index (Phi) is 6.37. The van der Waals surface area contributed by atoms with Crippen LogP contribution in [-0.4, -0.2) is 5.78 Å². The number of Topliss-reactive ketones (excluding diaryl/α,β-unsaturated/α-hetero) is 1. The van der Waals surface area contributed by atoms with Crippen molar-refractivity contribution in [3.8, 4) is 6.07 Å². The fourth-order valence-corrected chi connectivity index (χ4v) is 1.10. The summed E-state index contributed by atoms with van der Waals surface area (Å²) >= 11 is 0. The van der Waals surface area contributed by atoms with Gasteiger partial charge in [-0.2, -0.15) is 5.26 Å². The summed E-state index contributed by atoms with van der Waals surface area (Å²) in [5, 5.41) is 8.70. The first-order chi connectivity index (χ1) is 5.70. The monoisotopic (exact) mass is 167 g/mol. The molecule has 0 saturated heterocycles. The minimum atomic E-state index is 0.0915. The molecular weight excluding hydrogens is 150 g/mol. The minimum Gasteiger partial charge on any atom is -0.300 e. The van der Waals surface area contributed by atoms with Crippen molar-refractivity contribution in [2.24, 2.45) is 5.92 Å². The van der Waals surface area contributed by atoms with E-state index in [0.29, 0.717) is 6.42 Å². The van der Waals surface area contributed by atoms with Crippen LogP contribution in [0.25, 0.3) is 0 Å². The molecule has 0 radical (unpaired) electrons. The first-order valence-corrected chi connectivity index (χ1v) is 4.59. The Labute approximate surface area is 74.6 Å². The lowest BCUT2D eigenvalue weighted by atomic mass is 9.97. The smallest absolute Gasteiger partial charge is 0.129 e. The predicted octanol–water partition coefficient (Wildman–Crippen LogP) is 2.69. The lowest BCUT2D eigenvalue weighted by molar-refractivity contribution is -0.117. The number of nitriles is 1. The normalized spacial score (nSPS) is 12.1. The average Bonchev–Trinajstić information content (AvgIpc) is 2.05. The summed E-state index contributed by atoms with van der Waals surface area (Å²) < 4.78 is 0. The Morgan fingerprint density at radius 1 is 1.50 bits per heavy atom. The lowest BCUT2D eigenvalue weighted by Crippen LogP contribution is -2.00. The van der Waals surface area contributed by atoms with Crippen molar-refractivity contribution in [3.05, 3.63) is 0 Å². The molecule has 2 heteroatoms. The molecule has 0 aromatic carbocycles. The molecule has 0 heterocycles. The van der Waals surface area contributed by atoms with Crippen LogP contribution in [0, 0.1) is 17.2 Å². The van der Waals surface area contributed by atoms with Gasteiger partial charge in [0, 0.05) is 12.3 Å². The number of unbranched alkanes of at least 4 members (excludes halogenated alkanes) is 1. The Hall–Kier alpha value is -0.840. The van der Waals surface area contributed by atoms with Crippen LogP contribution in [-0.2, 0) is 4.79 Å². The number of hydrogen-bond donors (Lipinski definition) is 0. The third-order valence-electron chi connectivity index (χ3n) is 1.93. The Bertz CT molecular complexity index is 169. The van der Waals surface area contributed by atoms with Crippen molar-refractivity contribution in [2.75, 3.05) is 0 Å². The standard InChI is InChI=1S/C10H17NO/c1-3-4-5-10(8-11)7-6-9(2)12/h10H,3-7H2,1-2H3. The average molecular weight is 167 g/mol. The molecule has 1 atom stereocenters. The Balaban J connectivity index is 3.55. The van der Waals surface area contributed by atoms with Gasteiger partial charge in [0.25, 0.3) is 0 Å². The summed E-state index contributed by atoms with van der Waals surface area (Å²) in [6.45, 7) is 3.69. The summed E-state index contributed by atoms with van der Waals surface area (Å²) in [6.07, 6.45) is 4.46. The second kappa shape index (κ2) is 6.84. The van der Waals surface area contributed by atoms with E-state index in [1.165, 1.54) is 0 Å². The third kappa shape index (κ3) is 5.91. The highest BCUT2D eigenvalue weighted by Gasteiger charge is 2.07. The van der Waals surface area contributed by atoms with Gasteiger partial charge in [0.2, 0.25) is 0 Å². The van der Waals surface area contributed by atoms with Gasteiger partial charge in [-0.3, -0.25) is 0 Å². The molecule has 0 saturated carbocycles. The van der Waals surface area contributed by atoms with Crippen molar-refractivity contribution >= 4 is 5.78 Å². The molecule has 0 fully saturated rings. The summed E-state index contributed by atoms with van der Waals surface area (Å²) in [4.78, 5) is 10.6. The van der Waals surface area contributed by atoms with Crippen LogP contribution in [0.1, 0.15) is 46.0 Å². The Morgan fingerprint density at radius 2 is 2.17 bits per heavy atom. The summed E-state index contributed by atoms with van der Waals surface area (Å²) in [7, 11) is 0. The van der Waals surface area contributed by atoms with Gasteiger partial charge in [0.1, 0.15) is 5.78 Å². The fourth-order valence-electron chi connectivity index (χ4n) is 1.10. The van der Waals surface area contributed by atoms with Crippen LogP contribution in [0.5, 0.6) is 0 Å². The lowest BCUT2D eigenvalue weighted by Gasteiger charge is -2.05. The number of rotatable bonds is 6. The summed E-state index contributed by atoms with van der Waals surface area (Å²) in [6, 6.07) is 2.24. The van der Waals surface area contributed by atoms with Crippen molar-refractivity contribution in [3.63, 3.8) is 0 Å². The molecule has 68 valence electrons. The first-order valence-electron chi connectivity index (χ1n) is 4.59. The van der Waals surface area contributed by atoms with E-state index in [1.807, 2.05) is 0 Å². The number of ketones is 1. The van der Waals surface area contributed by atoms with Crippen molar-refractivity contribution < 1.29 is 4.79 Å². The van der Waals surface area contributed by atoms with E-state index in [4.69, 9.17) is 5.26 Å². The van der Waals surface area contributed by atoms with Gasteiger partial charge >= 0.3 is 0 Å². The number of carbonyl (C=O) groups is 1. The predicted molar refractivity (Wildman–Crippen MR) is 48.5 cm³/mol. The SMILES string of the molecule is CCCCC(C#N)CCC(C)=O. The maximum atomic E-state index is 10.6. The van der Waals surface area contributed by atoms with Crippen molar-refractivity contribution in [2.45, 2.75) is 46.0 Å². The van der Waals surface area contributed by atoms with E-state index in [-0.39, 0.29) is 11.7 Å². The van der Waals surface area contributed by atoms with Gasteiger partial charge in [-0.1, -0.05) is 19.8 Å². The zero-order valence-electron chi connectivity index (χ0n) is 7.97. The number of hydrogen-bond acceptors (Lipinski definition) is 2. The molecule has 0 bridgehead atoms. The van der Waals surface area contributed by atoms with Gasteiger partial charge in [0.05, 0.1) is 6.07 Å². The molecule has 0 aliphatic heterocycles. The van der Waals surface area contributed by atoms with Crippen LogP contribution < -0.4 is 0 Å². The van der Waals surface area contributed by atoms with Crippen molar-refractivity contribution in [1.82, 2.24) is 0 Å². The van der Waals surface area contributed by atoms with Crippen molar-refractivity contribution in [1.29, 1.82) is 5.26 Å². The molecule has 0 aromatic heterocycles. The van der Waals surface area contributed by atoms with E-state index >= 15 is 0 Å². The number of nitrogens with zero attached hydrogens (tertiary/aromatic N) is 1. The first kappa shape index (κ1) is 11.2. The zero-order valence-corrected chi connectivity index (χ0v) is 7.97. The second-order valence-corrected chi connectivity index (χ2v) is 3.21. The molecule has 0 amide bonds. The summed E-state index contributed by atoms with van der Waals surface area (Å²) in [5.74, 6) is 0.278. The van der Waals surface area contributed by atoms with Crippen LogP contribution in [0.3, 0.4) is 0 Å². The van der Waals surface area contributed by atoms with Gasteiger partial charge in [0.15, 0.2) is 0 Å². The van der Waals surface area contributed by atoms with Crippen LogP contribution in [0.2, 0.25) is 0 Å². The molecule has 0 N–H and O–H groups in total. The van der Waals surface area contributed by atoms with Gasteiger partial charge in [-0.15, -0.1) is 0 Å². The van der Waals surface area contributed by atoms with E-state index < -0.39 is 0 Å². The van der Waals surface area contributed by atoms with Gasteiger partial charge in [-0.25, -0.2) is 0 Å². The van der Waals surface area contributed by atoms with E-state index in [0.717, 1.165) is 25.7 Å². The van der Waals surface area contributed by atoms with E-state index in [2.05, 4.69) is 13.0 Å². The maximum absolute atomic E-state index is 10.6. The highest BCUT2D eigenvalue weighted by atomic mass is 16.1. The van der Waals surface area contributed by atoms with Crippen LogP contribution in [0.4, 0.5) is 0 Å². The highest BCUT2D eigenvalue weighted by molar-refractivity contribution is 5.75. The fraction of sp³-hybridized carbons (Fsp3) is 0.800. The molecular formula is C10H17NO. The molecule has 0 spiro atoms. The topological polar surface area (TPSA) is 40.9 Å². The van der Waals surface area contributed by atoms with E-state index in [9.17, 15) is 4.79 Å². The van der Waals surface area contributed by atoms with E-state index in [1.54, 1.807) is 6.92 Å². The molecule has 2 nitrogen and oxygen atoms in total. The zero-order chi connectivity index (χ0) is 9.40. The second-order valence-electron chi connectivity index (χ2n) is 3.21. The quantitative estimate of drug-likeness (QED) is 0.610.